The summed E-state index contributed by atoms with van der Waals surface area (Å²) in [4.78, 5) is 12.5. The van der Waals surface area contributed by atoms with E-state index >= 15 is 0 Å². The summed E-state index contributed by atoms with van der Waals surface area (Å²) in [6.45, 7) is 3.55. The largest absolute Gasteiger partial charge is 0.356 e. The molecule has 0 spiro atoms. The van der Waals surface area contributed by atoms with E-state index in [9.17, 15) is 13.2 Å². The first kappa shape index (κ1) is 18.4. The molecule has 2 aliphatic rings. The molecule has 1 heterocycles. The maximum atomic E-state index is 12.9. The van der Waals surface area contributed by atoms with Crippen LogP contribution in [0.3, 0.4) is 0 Å². The maximum absolute atomic E-state index is 12.9. The Bertz CT molecular complexity index is 722. The minimum Gasteiger partial charge on any atom is -0.356 e. The van der Waals surface area contributed by atoms with Gasteiger partial charge in [-0.3, -0.25) is 4.79 Å². The molecule has 0 unspecified atom stereocenters. The smallest absolute Gasteiger partial charge is 0.243 e. The molecule has 138 valence electrons. The number of amides is 1. The number of hydrogen-bond donors (Lipinski definition) is 1. The van der Waals surface area contributed by atoms with Crippen LogP contribution in [0.4, 0.5) is 0 Å². The number of carbonyl (C=O) groups excluding carboxylic acids is 1. The standard InChI is InChI=1S/C19H28N2O3S/c1-2-11-20-19(22)16-9-12-21(13-10-16)25(23,24)18-8-7-15-5-3-4-6-17(15)14-18/h7-8,14,16H,2-6,9-13H2,1H3,(H,20,22). The van der Waals surface area contributed by atoms with Crippen LogP contribution in [0.2, 0.25) is 0 Å². The second-order valence-electron chi connectivity index (χ2n) is 7.11. The fraction of sp³-hybridized carbons (Fsp3) is 0.632. The van der Waals surface area contributed by atoms with E-state index in [4.69, 9.17) is 0 Å². The van der Waals surface area contributed by atoms with Crippen molar-refractivity contribution in [1.29, 1.82) is 0 Å². The monoisotopic (exact) mass is 364 g/mol. The van der Waals surface area contributed by atoms with E-state index in [-0.39, 0.29) is 11.8 Å². The van der Waals surface area contributed by atoms with Gasteiger partial charge >= 0.3 is 0 Å². The van der Waals surface area contributed by atoms with Crippen LogP contribution < -0.4 is 5.32 Å². The fourth-order valence-electron chi connectivity index (χ4n) is 3.77. The molecule has 0 atom stereocenters. The molecule has 1 aliphatic heterocycles. The maximum Gasteiger partial charge on any atom is 0.243 e. The highest BCUT2D eigenvalue weighted by Crippen LogP contribution is 2.28. The number of fused-ring (bicyclic) bond motifs is 1. The van der Waals surface area contributed by atoms with Crippen LogP contribution in [0.1, 0.15) is 50.2 Å². The Morgan fingerprint density at radius 2 is 1.84 bits per heavy atom. The van der Waals surface area contributed by atoms with Gasteiger partial charge in [0.15, 0.2) is 0 Å². The van der Waals surface area contributed by atoms with E-state index in [0.717, 1.165) is 25.7 Å². The van der Waals surface area contributed by atoms with Crippen molar-refractivity contribution in [3.63, 3.8) is 0 Å². The van der Waals surface area contributed by atoms with Crippen LogP contribution in [0.5, 0.6) is 0 Å². The molecule has 6 heteroatoms. The minimum atomic E-state index is -3.46. The third-order valence-corrected chi connectivity index (χ3v) is 7.23. The SMILES string of the molecule is CCCNC(=O)C1CCN(S(=O)(=O)c2ccc3c(c2)CCCC3)CC1. The first-order chi connectivity index (χ1) is 12.0. The normalized spacial score (nSPS) is 19.4. The first-order valence-electron chi connectivity index (χ1n) is 9.42. The minimum absolute atomic E-state index is 0.0627. The Morgan fingerprint density at radius 3 is 2.52 bits per heavy atom. The quantitative estimate of drug-likeness (QED) is 0.873. The number of hydrogen-bond acceptors (Lipinski definition) is 3. The predicted octanol–water partition coefficient (Wildman–Crippen LogP) is 2.49. The van der Waals surface area contributed by atoms with Gasteiger partial charge in [0.1, 0.15) is 0 Å². The highest BCUT2D eigenvalue weighted by atomic mass is 32.2. The molecule has 1 aromatic rings. The van der Waals surface area contributed by atoms with E-state index < -0.39 is 10.0 Å². The van der Waals surface area contributed by atoms with Crippen molar-refractivity contribution >= 4 is 15.9 Å². The van der Waals surface area contributed by atoms with E-state index in [1.165, 1.54) is 17.5 Å². The highest BCUT2D eigenvalue weighted by molar-refractivity contribution is 7.89. The van der Waals surface area contributed by atoms with Crippen LogP contribution >= 0.6 is 0 Å². The number of nitrogens with zero attached hydrogens (tertiary/aromatic N) is 1. The third-order valence-electron chi connectivity index (χ3n) is 5.33. The summed E-state index contributed by atoms with van der Waals surface area (Å²) in [5, 5.41) is 2.91. The second-order valence-corrected chi connectivity index (χ2v) is 9.04. The summed E-state index contributed by atoms with van der Waals surface area (Å²) in [6, 6.07) is 5.59. The van der Waals surface area contributed by atoms with E-state index in [0.29, 0.717) is 37.4 Å². The lowest BCUT2D eigenvalue weighted by Crippen LogP contribution is -2.43. The first-order valence-corrected chi connectivity index (χ1v) is 10.9. The summed E-state index contributed by atoms with van der Waals surface area (Å²) in [7, 11) is -3.46. The molecule has 1 N–H and O–H groups in total. The molecule has 5 nitrogen and oxygen atoms in total. The lowest BCUT2D eigenvalue weighted by molar-refractivity contribution is -0.126. The molecule has 1 fully saturated rings. The van der Waals surface area contributed by atoms with Crippen molar-refractivity contribution in [2.75, 3.05) is 19.6 Å². The number of carbonyl (C=O) groups is 1. The Morgan fingerprint density at radius 1 is 1.16 bits per heavy atom. The zero-order valence-corrected chi connectivity index (χ0v) is 15.8. The lowest BCUT2D eigenvalue weighted by atomic mass is 9.92. The van der Waals surface area contributed by atoms with Crippen LogP contribution in [0, 0.1) is 5.92 Å². The van der Waals surface area contributed by atoms with Crippen LogP contribution in [0.25, 0.3) is 0 Å². The van der Waals surface area contributed by atoms with Gasteiger partial charge in [0.2, 0.25) is 15.9 Å². The topological polar surface area (TPSA) is 66.5 Å². The Kier molecular flexibility index (Phi) is 5.79. The Balaban J connectivity index is 1.67. The van der Waals surface area contributed by atoms with Gasteiger partial charge in [-0.15, -0.1) is 0 Å². The van der Waals surface area contributed by atoms with E-state index in [2.05, 4.69) is 5.32 Å². The molecule has 1 amide bonds. The van der Waals surface area contributed by atoms with Crippen molar-refractivity contribution in [2.45, 2.75) is 56.8 Å². The average molecular weight is 365 g/mol. The van der Waals surface area contributed by atoms with Gasteiger partial charge in [0, 0.05) is 25.6 Å². The molecular weight excluding hydrogens is 336 g/mol. The zero-order valence-electron chi connectivity index (χ0n) is 15.0. The van der Waals surface area contributed by atoms with E-state index in [1.54, 1.807) is 10.4 Å². The van der Waals surface area contributed by atoms with Crippen molar-refractivity contribution in [1.82, 2.24) is 9.62 Å². The number of rotatable bonds is 5. The molecule has 25 heavy (non-hydrogen) atoms. The molecule has 3 rings (SSSR count). The number of sulfonamides is 1. The highest BCUT2D eigenvalue weighted by Gasteiger charge is 2.32. The van der Waals surface area contributed by atoms with Gasteiger partial charge in [-0.1, -0.05) is 13.0 Å². The van der Waals surface area contributed by atoms with Crippen LogP contribution in [-0.4, -0.2) is 38.3 Å². The Hall–Kier alpha value is -1.40. The van der Waals surface area contributed by atoms with Crippen molar-refractivity contribution in [3.05, 3.63) is 29.3 Å². The molecule has 0 aromatic heterocycles. The zero-order chi connectivity index (χ0) is 17.9. The number of nitrogens with one attached hydrogen (secondary N) is 1. The molecule has 0 bridgehead atoms. The molecular formula is C19H28N2O3S. The Labute approximate surface area is 150 Å². The molecule has 1 saturated heterocycles. The van der Waals surface area contributed by atoms with Gasteiger partial charge < -0.3 is 5.32 Å². The average Bonchev–Trinajstić information content (AvgIpc) is 2.65. The van der Waals surface area contributed by atoms with Gasteiger partial charge in [-0.25, -0.2) is 8.42 Å². The summed E-state index contributed by atoms with van der Waals surface area (Å²) in [6.07, 6.45) is 6.45. The van der Waals surface area contributed by atoms with Gasteiger partial charge in [-0.2, -0.15) is 4.31 Å². The fourth-order valence-corrected chi connectivity index (χ4v) is 5.29. The van der Waals surface area contributed by atoms with Crippen LogP contribution in [-0.2, 0) is 27.7 Å². The second kappa shape index (κ2) is 7.87. The van der Waals surface area contributed by atoms with Crippen molar-refractivity contribution in [2.24, 2.45) is 5.92 Å². The number of aryl methyl sites for hydroxylation is 2. The summed E-state index contributed by atoms with van der Waals surface area (Å²) in [5.74, 6) is -0.00536. The number of benzene rings is 1. The van der Waals surface area contributed by atoms with Gasteiger partial charge in [0.05, 0.1) is 4.90 Å². The third kappa shape index (κ3) is 4.06. The molecule has 0 saturated carbocycles. The molecule has 0 radical (unpaired) electrons. The van der Waals surface area contributed by atoms with Crippen molar-refractivity contribution in [3.8, 4) is 0 Å². The lowest BCUT2D eigenvalue weighted by Gasteiger charge is -2.31. The van der Waals surface area contributed by atoms with Gasteiger partial charge in [-0.05, 0) is 68.2 Å². The predicted molar refractivity (Wildman–Crippen MR) is 97.9 cm³/mol. The molecule has 1 aliphatic carbocycles. The molecule has 1 aromatic carbocycles. The van der Waals surface area contributed by atoms with Crippen LogP contribution in [0.15, 0.2) is 23.1 Å². The summed E-state index contributed by atoms with van der Waals surface area (Å²) < 4.78 is 27.4. The summed E-state index contributed by atoms with van der Waals surface area (Å²) in [5.41, 5.74) is 2.47. The van der Waals surface area contributed by atoms with E-state index in [1.807, 2.05) is 19.1 Å². The summed E-state index contributed by atoms with van der Waals surface area (Å²) >= 11 is 0. The van der Waals surface area contributed by atoms with Crippen molar-refractivity contribution < 1.29 is 13.2 Å². The van der Waals surface area contributed by atoms with Gasteiger partial charge in [0.25, 0.3) is 0 Å². The number of piperidine rings is 1.